The monoisotopic (exact) mass is 268 g/mol. The molecule has 1 amide bonds. The highest BCUT2D eigenvalue weighted by atomic mass is 32.2. The molecular formula is C14H24N2OS. The zero-order valence-corrected chi connectivity index (χ0v) is 11.9. The summed E-state index contributed by atoms with van der Waals surface area (Å²) in [4.78, 5) is 12.2. The molecule has 2 heterocycles. The van der Waals surface area contributed by atoms with Gasteiger partial charge in [0, 0.05) is 11.6 Å². The van der Waals surface area contributed by atoms with E-state index in [1.807, 2.05) is 11.8 Å². The van der Waals surface area contributed by atoms with Crippen molar-refractivity contribution in [3.05, 3.63) is 0 Å². The van der Waals surface area contributed by atoms with Gasteiger partial charge in [0.15, 0.2) is 0 Å². The van der Waals surface area contributed by atoms with Gasteiger partial charge in [0.2, 0.25) is 5.91 Å². The first-order valence-corrected chi connectivity index (χ1v) is 8.49. The molecule has 1 aliphatic carbocycles. The van der Waals surface area contributed by atoms with Crippen molar-refractivity contribution >= 4 is 17.7 Å². The Hall–Kier alpha value is -0.220. The van der Waals surface area contributed by atoms with Crippen LogP contribution < -0.4 is 10.6 Å². The van der Waals surface area contributed by atoms with Gasteiger partial charge in [-0.2, -0.15) is 0 Å². The summed E-state index contributed by atoms with van der Waals surface area (Å²) in [6.07, 6.45) is 9.79. The predicted molar refractivity (Wildman–Crippen MR) is 75.8 cm³/mol. The predicted octanol–water partition coefficient (Wildman–Crippen LogP) is 2.06. The van der Waals surface area contributed by atoms with Crippen molar-refractivity contribution in [1.82, 2.24) is 10.6 Å². The fraction of sp³-hybridized carbons (Fsp3) is 0.929. The second kappa shape index (κ2) is 5.41. The van der Waals surface area contributed by atoms with Crippen molar-refractivity contribution in [1.29, 1.82) is 0 Å². The molecule has 3 fully saturated rings. The van der Waals surface area contributed by atoms with Crippen molar-refractivity contribution in [2.24, 2.45) is 0 Å². The standard InChI is InChI=1S/C14H24N2OS/c17-13(12-4-1-2-9-18-12)16-11-5-8-15-14(10-11)6-3-7-14/h11-12,15H,1-10H2,(H,16,17). The fourth-order valence-electron chi connectivity index (χ4n) is 3.51. The number of carbonyl (C=O) groups is 1. The van der Waals surface area contributed by atoms with Gasteiger partial charge < -0.3 is 10.6 Å². The molecule has 1 spiro atoms. The number of hydrogen-bond donors (Lipinski definition) is 2. The van der Waals surface area contributed by atoms with Gasteiger partial charge in [0.25, 0.3) is 0 Å². The van der Waals surface area contributed by atoms with Crippen LogP contribution in [0, 0.1) is 0 Å². The van der Waals surface area contributed by atoms with E-state index in [0.717, 1.165) is 31.6 Å². The lowest BCUT2D eigenvalue weighted by atomic mass is 9.70. The summed E-state index contributed by atoms with van der Waals surface area (Å²) in [6, 6.07) is 0.418. The number of nitrogens with one attached hydrogen (secondary N) is 2. The highest BCUT2D eigenvalue weighted by Gasteiger charge is 2.41. The molecule has 0 bridgehead atoms. The maximum absolute atomic E-state index is 12.2. The van der Waals surface area contributed by atoms with Crippen LogP contribution >= 0.6 is 11.8 Å². The third-order valence-corrected chi connectivity index (χ3v) is 6.14. The first-order chi connectivity index (χ1) is 8.77. The van der Waals surface area contributed by atoms with Crippen molar-refractivity contribution in [2.75, 3.05) is 12.3 Å². The van der Waals surface area contributed by atoms with Gasteiger partial charge in [-0.3, -0.25) is 4.79 Å². The van der Waals surface area contributed by atoms with E-state index in [1.54, 1.807) is 0 Å². The average Bonchev–Trinajstić information content (AvgIpc) is 2.38. The molecule has 18 heavy (non-hydrogen) atoms. The van der Waals surface area contributed by atoms with E-state index in [2.05, 4.69) is 10.6 Å². The third kappa shape index (κ3) is 2.69. The van der Waals surface area contributed by atoms with Crippen LogP contribution in [0.15, 0.2) is 0 Å². The van der Waals surface area contributed by atoms with Crippen LogP contribution in [0.25, 0.3) is 0 Å². The van der Waals surface area contributed by atoms with E-state index in [9.17, 15) is 4.79 Å². The molecule has 2 saturated heterocycles. The molecule has 2 unspecified atom stereocenters. The average molecular weight is 268 g/mol. The molecule has 1 saturated carbocycles. The van der Waals surface area contributed by atoms with Crippen LogP contribution in [-0.4, -0.2) is 35.0 Å². The molecule has 0 aromatic rings. The van der Waals surface area contributed by atoms with Gasteiger partial charge in [-0.05, 0) is 57.2 Å². The Labute approximate surface area is 114 Å². The molecular weight excluding hydrogens is 244 g/mol. The topological polar surface area (TPSA) is 41.1 Å². The number of carbonyl (C=O) groups excluding carboxylic acids is 1. The van der Waals surface area contributed by atoms with E-state index in [-0.39, 0.29) is 5.25 Å². The normalized spacial score (nSPS) is 34.9. The van der Waals surface area contributed by atoms with Gasteiger partial charge in [0.1, 0.15) is 0 Å². The summed E-state index contributed by atoms with van der Waals surface area (Å²) >= 11 is 1.85. The molecule has 0 aromatic heterocycles. The van der Waals surface area contributed by atoms with E-state index >= 15 is 0 Å². The first kappa shape index (κ1) is 12.8. The van der Waals surface area contributed by atoms with E-state index in [4.69, 9.17) is 0 Å². The molecule has 3 nitrogen and oxygen atoms in total. The molecule has 2 aliphatic heterocycles. The molecule has 2 atom stereocenters. The zero-order valence-electron chi connectivity index (χ0n) is 11.0. The molecule has 0 aromatic carbocycles. The minimum atomic E-state index is 0.228. The second-order valence-corrected chi connectivity index (χ2v) is 7.42. The molecule has 3 rings (SSSR count). The summed E-state index contributed by atoms with van der Waals surface area (Å²) in [6.45, 7) is 1.07. The Kier molecular flexibility index (Phi) is 3.85. The summed E-state index contributed by atoms with van der Waals surface area (Å²) in [5.41, 5.74) is 0.385. The Bertz CT molecular complexity index is 311. The Morgan fingerprint density at radius 1 is 1.22 bits per heavy atom. The van der Waals surface area contributed by atoms with E-state index in [0.29, 0.717) is 17.5 Å². The first-order valence-electron chi connectivity index (χ1n) is 7.44. The van der Waals surface area contributed by atoms with Crippen LogP contribution in [0.5, 0.6) is 0 Å². The lowest BCUT2D eigenvalue weighted by Gasteiger charge is -2.48. The molecule has 3 aliphatic rings. The van der Waals surface area contributed by atoms with Crippen LogP contribution in [0.2, 0.25) is 0 Å². The summed E-state index contributed by atoms with van der Waals surface area (Å²) < 4.78 is 0. The summed E-state index contributed by atoms with van der Waals surface area (Å²) in [7, 11) is 0. The van der Waals surface area contributed by atoms with Crippen LogP contribution in [0.4, 0.5) is 0 Å². The summed E-state index contributed by atoms with van der Waals surface area (Å²) in [5.74, 6) is 1.47. The quantitative estimate of drug-likeness (QED) is 0.805. The van der Waals surface area contributed by atoms with Gasteiger partial charge in [-0.1, -0.05) is 6.42 Å². The van der Waals surface area contributed by atoms with Gasteiger partial charge in [-0.15, -0.1) is 11.8 Å². The minimum absolute atomic E-state index is 0.228. The highest BCUT2D eigenvalue weighted by molar-refractivity contribution is 8.00. The van der Waals surface area contributed by atoms with Crippen molar-refractivity contribution < 1.29 is 4.79 Å². The number of rotatable bonds is 2. The van der Waals surface area contributed by atoms with Crippen LogP contribution in [-0.2, 0) is 4.79 Å². The second-order valence-electron chi connectivity index (χ2n) is 6.11. The number of thioether (sulfide) groups is 1. The van der Waals surface area contributed by atoms with Crippen LogP contribution in [0.3, 0.4) is 0 Å². The smallest absolute Gasteiger partial charge is 0.233 e. The molecule has 0 radical (unpaired) electrons. The van der Waals surface area contributed by atoms with Gasteiger partial charge >= 0.3 is 0 Å². The lowest BCUT2D eigenvalue weighted by Crippen LogP contribution is -2.60. The van der Waals surface area contributed by atoms with Gasteiger partial charge in [0.05, 0.1) is 5.25 Å². The van der Waals surface area contributed by atoms with Crippen molar-refractivity contribution in [3.8, 4) is 0 Å². The summed E-state index contributed by atoms with van der Waals surface area (Å²) in [5, 5.41) is 7.20. The lowest BCUT2D eigenvalue weighted by molar-refractivity contribution is -0.121. The Morgan fingerprint density at radius 3 is 2.78 bits per heavy atom. The maximum atomic E-state index is 12.2. The Balaban J connectivity index is 1.50. The van der Waals surface area contributed by atoms with Crippen LogP contribution in [0.1, 0.15) is 51.4 Å². The van der Waals surface area contributed by atoms with Gasteiger partial charge in [-0.25, -0.2) is 0 Å². The maximum Gasteiger partial charge on any atom is 0.233 e. The van der Waals surface area contributed by atoms with E-state index < -0.39 is 0 Å². The zero-order chi connectivity index (χ0) is 12.4. The fourth-order valence-corrected chi connectivity index (χ4v) is 4.71. The Morgan fingerprint density at radius 2 is 2.11 bits per heavy atom. The minimum Gasteiger partial charge on any atom is -0.352 e. The van der Waals surface area contributed by atoms with Crippen molar-refractivity contribution in [2.45, 2.75) is 68.2 Å². The largest absolute Gasteiger partial charge is 0.352 e. The molecule has 2 N–H and O–H groups in total. The number of hydrogen-bond acceptors (Lipinski definition) is 3. The number of piperidine rings is 1. The third-order valence-electron chi connectivity index (χ3n) is 4.76. The SMILES string of the molecule is O=C(NC1CCNC2(CCC2)C1)C1CCCCS1. The van der Waals surface area contributed by atoms with E-state index in [1.165, 1.54) is 32.1 Å². The number of amides is 1. The van der Waals surface area contributed by atoms with Crippen molar-refractivity contribution in [3.63, 3.8) is 0 Å². The molecule has 4 heteroatoms. The molecule has 102 valence electrons. The highest BCUT2D eigenvalue weighted by Crippen LogP contribution is 2.38.